The van der Waals surface area contributed by atoms with E-state index >= 15 is 0 Å². The molecule has 188 valence electrons. The van der Waals surface area contributed by atoms with Gasteiger partial charge < -0.3 is 25.1 Å². The van der Waals surface area contributed by atoms with Gasteiger partial charge in [-0.3, -0.25) is 19.4 Å². The van der Waals surface area contributed by atoms with Crippen LogP contribution in [0.1, 0.15) is 30.9 Å². The zero-order valence-electron chi connectivity index (χ0n) is 19.8. The summed E-state index contributed by atoms with van der Waals surface area (Å²) in [4.78, 5) is 45.5. The fraction of sp³-hybridized carbons (Fsp3) is 0.440. The van der Waals surface area contributed by atoms with Gasteiger partial charge >= 0.3 is 0 Å². The summed E-state index contributed by atoms with van der Waals surface area (Å²) in [7, 11) is 1.44. The van der Waals surface area contributed by atoms with Crippen molar-refractivity contribution in [3.05, 3.63) is 53.9 Å². The van der Waals surface area contributed by atoms with Crippen LogP contribution in [0.3, 0.4) is 0 Å². The number of aliphatic hydroxyl groups is 1. The molecule has 0 saturated carbocycles. The van der Waals surface area contributed by atoms with Crippen LogP contribution in [-0.2, 0) is 27.2 Å². The van der Waals surface area contributed by atoms with E-state index < -0.39 is 24.1 Å². The van der Waals surface area contributed by atoms with Crippen LogP contribution in [0.15, 0.2) is 42.7 Å². The molecule has 1 aromatic carbocycles. The molecular formula is C25H31N3O6S. The summed E-state index contributed by atoms with van der Waals surface area (Å²) in [6, 6.07) is 6.46. The Kier molecular flexibility index (Phi) is 9.11. The van der Waals surface area contributed by atoms with Crippen molar-refractivity contribution in [2.75, 3.05) is 19.3 Å². The number of likely N-dealkylation sites (N-methyl/N-ethyl adjacent to an activating group) is 1. The van der Waals surface area contributed by atoms with Crippen LogP contribution in [0, 0.1) is 0 Å². The van der Waals surface area contributed by atoms with E-state index in [1.54, 1.807) is 24.2 Å². The summed E-state index contributed by atoms with van der Waals surface area (Å²) >= 11 is 1.21. The molecule has 3 unspecified atom stereocenters. The summed E-state index contributed by atoms with van der Waals surface area (Å²) in [5.74, 6) is -1.01. The highest BCUT2D eigenvalue weighted by atomic mass is 32.2. The lowest BCUT2D eigenvalue weighted by Crippen LogP contribution is -2.52. The molecule has 9 nitrogen and oxygen atoms in total. The maximum atomic E-state index is 13.2. The van der Waals surface area contributed by atoms with E-state index in [0.717, 1.165) is 12.0 Å². The number of aromatic nitrogens is 1. The van der Waals surface area contributed by atoms with Gasteiger partial charge in [0.2, 0.25) is 11.0 Å². The van der Waals surface area contributed by atoms with Gasteiger partial charge in [-0.1, -0.05) is 17.8 Å². The van der Waals surface area contributed by atoms with Crippen LogP contribution in [0.4, 0.5) is 0 Å². The Bertz CT molecular complexity index is 1050. The number of phenols is 2. The third-order valence-electron chi connectivity index (χ3n) is 6.23. The monoisotopic (exact) mass is 501 g/mol. The first-order valence-corrected chi connectivity index (χ1v) is 12.5. The van der Waals surface area contributed by atoms with Crippen molar-refractivity contribution in [2.24, 2.45) is 0 Å². The van der Waals surface area contributed by atoms with Crippen LogP contribution in [0.2, 0.25) is 0 Å². The molecule has 10 heteroatoms. The molecule has 1 fully saturated rings. The minimum atomic E-state index is -1.43. The lowest BCUT2D eigenvalue weighted by Gasteiger charge is -2.32. The lowest BCUT2D eigenvalue weighted by molar-refractivity contribution is -0.149. The number of aliphatic hydroxyl groups excluding tert-OH is 1. The smallest absolute Gasteiger partial charge is 0.252 e. The number of aryl methyl sites for hydroxylation is 1. The number of likely N-dealkylation sites (tertiary alicyclic amines) is 1. The molecule has 0 aliphatic carbocycles. The molecule has 3 rings (SSSR count). The van der Waals surface area contributed by atoms with Gasteiger partial charge in [-0.05, 0) is 61.6 Å². The van der Waals surface area contributed by atoms with Crippen molar-refractivity contribution in [1.29, 1.82) is 0 Å². The van der Waals surface area contributed by atoms with Gasteiger partial charge in [0.25, 0.3) is 5.91 Å². The number of rotatable bonds is 9. The third kappa shape index (κ3) is 6.73. The number of carbonyl (C=O) groups is 3. The molecule has 2 aromatic rings. The van der Waals surface area contributed by atoms with Gasteiger partial charge in [0, 0.05) is 38.2 Å². The van der Waals surface area contributed by atoms with E-state index in [-0.39, 0.29) is 28.9 Å². The molecule has 2 heterocycles. The quantitative estimate of drug-likeness (QED) is 0.443. The molecule has 35 heavy (non-hydrogen) atoms. The van der Waals surface area contributed by atoms with Crippen molar-refractivity contribution in [3.8, 4) is 11.5 Å². The Morgan fingerprint density at radius 3 is 2.54 bits per heavy atom. The summed E-state index contributed by atoms with van der Waals surface area (Å²) < 4.78 is 0. The second-order valence-electron chi connectivity index (χ2n) is 8.63. The molecule has 0 bridgehead atoms. The second-order valence-corrected chi connectivity index (χ2v) is 9.73. The summed E-state index contributed by atoms with van der Waals surface area (Å²) in [6.45, 7) is 2.03. The number of aromatic hydroxyl groups is 2. The zero-order valence-corrected chi connectivity index (χ0v) is 20.6. The van der Waals surface area contributed by atoms with Crippen LogP contribution >= 0.6 is 11.8 Å². The summed E-state index contributed by atoms with van der Waals surface area (Å²) in [5, 5.41) is 29.4. The average molecular weight is 502 g/mol. The number of hydrogen-bond donors (Lipinski definition) is 3. The number of benzene rings is 1. The molecule has 3 atom stereocenters. The third-order valence-corrected chi connectivity index (χ3v) is 7.20. The molecular weight excluding hydrogens is 470 g/mol. The lowest BCUT2D eigenvalue weighted by atomic mass is 10.1. The van der Waals surface area contributed by atoms with E-state index in [4.69, 9.17) is 0 Å². The molecule has 2 amide bonds. The van der Waals surface area contributed by atoms with Crippen LogP contribution in [-0.4, -0.2) is 84.6 Å². The van der Waals surface area contributed by atoms with Gasteiger partial charge in [-0.2, -0.15) is 0 Å². The number of nitrogens with zero attached hydrogens (tertiary/aromatic N) is 3. The summed E-state index contributed by atoms with van der Waals surface area (Å²) in [5.41, 5.74) is 1.55. The molecule has 1 aromatic heterocycles. The number of thioether (sulfide) groups is 1. The molecule has 1 aliphatic heterocycles. The van der Waals surface area contributed by atoms with Crippen molar-refractivity contribution >= 4 is 28.7 Å². The van der Waals surface area contributed by atoms with E-state index in [9.17, 15) is 29.7 Å². The Morgan fingerprint density at radius 1 is 1.14 bits per heavy atom. The van der Waals surface area contributed by atoms with Crippen molar-refractivity contribution in [1.82, 2.24) is 14.8 Å². The predicted octanol–water partition coefficient (Wildman–Crippen LogP) is 1.74. The van der Waals surface area contributed by atoms with Crippen LogP contribution in [0.25, 0.3) is 0 Å². The van der Waals surface area contributed by atoms with E-state index in [1.165, 1.54) is 41.9 Å². The average Bonchev–Trinajstić information content (AvgIpc) is 3.35. The molecule has 0 radical (unpaired) electrons. The van der Waals surface area contributed by atoms with Gasteiger partial charge in [0.05, 0.1) is 0 Å². The number of phenolic OH excluding ortho intramolecular Hbond substituents is 2. The first-order valence-electron chi connectivity index (χ1n) is 11.5. The minimum absolute atomic E-state index is 0.0572. The number of hydrogen-bond acceptors (Lipinski definition) is 8. The summed E-state index contributed by atoms with van der Waals surface area (Å²) in [6.07, 6.45) is 3.93. The molecule has 1 aliphatic rings. The largest absolute Gasteiger partial charge is 0.504 e. The molecule has 0 spiro atoms. The van der Waals surface area contributed by atoms with Gasteiger partial charge in [-0.25, -0.2) is 0 Å². The molecule has 3 N–H and O–H groups in total. The number of carbonyl (C=O) groups excluding carboxylic acids is 3. The van der Waals surface area contributed by atoms with E-state index in [1.807, 2.05) is 12.1 Å². The minimum Gasteiger partial charge on any atom is -0.504 e. The van der Waals surface area contributed by atoms with Crippen LogP contribution in [0.5, 0.6) is 11.5 Å². The maximum Gasteiger partial charge on any atom is 0.252 e. The second kappa shape index (κ2) is 12.0. The Labute approximate surface area is 208 Å². The number of pyridine rings is 1. The maximum absolute atomic E-state index is 13.2. The van der Waals surface area contributed by atoms with Gasteiger partial charge in [0.15, 0.2) is 11.5 Å². The Balaban J connectivity index is 1.55. The van der Waals surface area contributed by atoms with Crippen LogP contribution < -0.4 is 0 Å². The molecule has 1 saturated heterocycles. The van der Waals surface area contributed by atoms with Crippen molar-refractivity contribution in [3.63, 3.8) is 0 Å². The fourth-order valence-corrected chi connectivity index (χ4v) is 5.01. The van der Waals surface area contributed by atoms with Crippen molar-refractivity contribution in [2.45, 2.75) is 50.8 Å². The number of amides is 2. The Morgan fingerprint density at radius 2 is 1.86 bits per heavy atom. The zero-order chi connectivity index (χ0) is 25.5. The van der Waals surface area contributed by atoms with Gasteiger partial charge in [0.1, 0.15) is 18.2 Å². The topological polar surface area (TPSA) is 131 Å². The predicted molar refractivity (Wildman–Crippen MR) is 132 cm³/mol. The fourth-order valence-electron chi connectivity index (χ4n) is 4.03. The first-order chi connectivity index (χ1) is 16.7. The first kappa shape index (κ1) is 26.5. The SMILES string of the molecule is CC(C(=O)N1CCCC1C(=O)SCCc1ccncc1)N(C)C(=O)C(O)Cc1ccc(O)c(O)c1. The van der Waals surface area contributed by atoms with Gasteiger partial charge in [-0.15, -0.1) is 0 Å². The van der Waals surface area contributed by atoms with E-state index in [2.05, 4.69) is 4.98 Å². The normalized spacial score (nSPS) is 17.1. The highest BCUT2D eigenvalue weighted by Crippen LogP contribution is 2.26. The highest BCUT2D eigenvalue weighted by Gasteiger charge is 2.38. The Hall–Kier alpha value is -3.11. The highest BCUT2D eigenvalue weighted by molar-refractivity contribution is 8.13. The van der Waals surface area contributed by atoms with E-state index in [0.29, 0.717) is 30.7 Å². The van der Waals surface area contributed by atoms with Crippen molar-refractivity contribution < 1.29 is 29.7 Å². The standard InChI is InChI=1S/C25H31N3O6S/c1-16(27(2)24(33)22(31)15-18-5-6-20(29)21(30)14-18)23(32)28-12-3-4-19(28)25(34)35-13-9-17-7-10-26-11-8-17/h5-8,10-11,14,16,19,22,29-31H,3-4,9,12-13,15H2,1-2H3.